The third-order valence-electron chi connectivity index (χ3n) is 3.06. The largest absolute Gasteiger partial charge is 0.289 e. The van der Waals surface area contributed by atoms with Crippen LogP contribution >= 0.6 is 0 Å². The van der Waals surface area contributed by atoms with Crippen molar-refractivity contribution in [3.63, 3.8) is 0 Å². The van der Waals surface area contributed by atoms with Crippen LogP contribution in [-0.4, -0.2) is 20.5 Å². The molecule has 0 saturated heterocycles. The van der Waals surface area contributed by atoms with Crippen molar-refractivity contribution in [2.24, 2.45) is 5.84 Å². The number of aromatic nitrogens is 3. The summed E-state index contributed by atoms with van der Waals surface area (Å²) < 4.78 is 27.1. The number of nitrogens with two attached hydrogens (primary N) is 1. The first-order valence-electron chi connectivity index (χ1n) is 5.80. The molecule has 3 N–H and O–H groups in total. The van der Waals surface area contributed by atoms with E-state index in [9.17, 15) is 13.6 Å². The number of hydrogen-bond acceptors (Lipinski definition) is 4. The molecule has 3 rings (SSSR count). The molecule has 1 amide bonds. The summed E-state index contributed by atoms with van der Waals surface area (Å²) in [7, 11) is 0. The number of hydrogen-bond donors (Lipinski definition) is 2. The fourth-order valence-electron chi connectivity index (χ4n) is 1.95. The average Bonchev–Trinajstić information content (AvgIpc) is 3.15. The number of carbonyl (C=O) groups excluding carboxylic acids is 1. The molecule has 2 aromatic heterocycles. The van der Waals surface area contributed by atoms with Crippen LogP contribution in [-0.2, 0) is 0 Å². The maximum atomic E-state index is 13.0. The van der Waals surface area contributed by atoms with Gasteiger partial charge in [-0.1, -0.05) is 0 Å². The van der Waals surface area contributed by atoms with Crippen LogP contribution in [0.1, 0.15) is 47.1 Å². The van der Waals surface area contributed by atoms with Crippen molar-refractivity contribution < 1.29 is 13.6 Å². The van der Waals surface area contributed by atoms with Crippen LogP contribution in [0.25, 0.3) is 5.65 Å². The number of rotatable bonds is 3. The molecule has 0 spiro atoms. The lowest BCUT2D eigenvalue weighted by Crippen LogP contribution is -2.30. The van der Waals surface area contributed by atoms with Crippen molar-refractivity contribution in [3.05, 3.63) is 29.2 Å². The average molecular weight is 267 g/mol. The van der Waals surface area contributed by atoms with Crippen molar-refractivity contribution in [3.8, 4) is 0 Å². The van der Waals surface area contributed by atoms with E-state index in [0.717, 1.165) is 17.4 Å². The van der Waals surface area contributed by atoms with E-state index in [-0.39, 0.29) is 23.0 Å². The monoisotopic (exact) mass is 267 g/mol. The number of carbonyl (C=O) groups is 1. The molecule has 0 aliphatic heterocycles. The first-order valence-corrected chi connectivity index (χ1v) is 5.80. The highest BCUT2D eigenvalue weighted by molar-refractivity contribution is 5.92. The Balaban J connectivity index is 2.18. The topological polar surface area (TPSA) is 85.3 Å². The molecule has 19 heavy (non-hydrogen) atoms. The van der Waals surface area contributed by atoms with Crippen LogP contribution in [0, 0.1) is 0 Å². The van der Waals surface area contributed by atoms with E-state index in [2.05, 4.69) is 10.1 Å². The highest BCUT2D eigenvalue weighted by Gasteiger charge is 2.28. The van der Waals surface area contributed by atoms with Gasteiger partial charge in [-0.25, -0.2) is 24.1 Å². The molecule has 0 radical (unpaired) electrons. The number of nitrogens with zero attached hydrogens (tertiary/aromatic N) is 3. The fraction of sp³-hybridized carbons (Fsp3) is 0.364. The van der Waals surface area contributed by atoms with Crippen molar-refractivity contribution in [2.75, 3.05) is 0 Å². The summed E-state index contributed by atoms with van der Waals surface area (Å²) in [5.74, 6) is 4.59. The summed E-state index contributed by atoms with van der Waals surface area (Å²) in [6, 6.07) is 2.70. The number of fused-ring (bicyclic) bond motifs is 1. The van der Waals surface area contributed by atoms with E-state index in [1.807, 2.05) is 5.43 Å². The van der Waals surface area contributed by atoms with Gasteiger partial charge in [-0.15, -0.1) is 0 Å². The first kappa shape index (κ1) is 12.0. The minimum absolute atomic E-state index is 0.0372. The van der Waals surface area contributed by atoms with Crippen LogP contribution in [0.3, 0.4) is 0 Å². The maximum Gasteiger partial charge on any atom is 0.285 e. The zero-order valence-corrected chi connectivity index (χ0v) is 9.81. The van der Waals surface area contributed by atoms with Gasteiger partial charge in [-0.05, 0) is 18.9 Å². The quantitative estimate of drug-likeness (QED) is 0.496. The van der Waals surface area contributed by atoms with Gasteiger partial charge in [0, 0.05) is 17.7 Å². The Hall–Kier alpha value is -2.09. The van der Waals surface area contributed by atoms with Crippen LogP contribution in [0.15, 0.2) is 12.1 Å². The molecule has 100 valence electrons. The lowest BCUT2D eigenvalue weighted by atomic mass is 10.2. The van der Waals surface area contributed by atoms with E-state index < -0.39 is 12.3 Å². The molecule has 2 aromatic rings. The fourth-order valence-corrected chi connectivity index (χ4v) is 1.95. The number of halogens is 2. The van der Waals surface area contributed by atoms with Gasteiger partial charge in [0.15, 0.2) is 11.3 Å². The molecular formula is C11H11F2N5O. The summed E-state index contributed by atoms with van der Waals surface area (Å²) in [4.78, 5) is 15.6. The lowest BCUT2D eigenvalue weighted by Gasteiger charge is -2.06. The van der Waals surface area contributed by atoms with Gasteiger partial charge in [0.25, 0.3) is 12.3 Å². The Morgan fingerprint density at radius 1 is 1.47 bits per heavy atom. The maximum absolute atomic E-state index is 13.0. The Morgan fingerprint density at radius 2 is 2.21 bits per heavy atom. The Bertz CT molecular complexity index is 650. The Morgan fingerprint density at radius 3 is 2.79 bits per heavy atom. The Labute approximate surface area is 106 Å². The number of amides is 1. The van der Waals surface area contributed by atoms with Crippen molar-refractivity contribution in [1.82, 2.24) is 20.0 Å². The van der Waals surface area contributed by atoms with E-state index in [4.69, 9.17) is 5.84 Å². The van der Waals surface area contributed by atoms with Crippen molar-refractivity contribution in [2.45, 2.75) is 25.2 Å². The van der Waals surface area contributed by atoms with E-state index in [1.54, 1.807) is 0 Å². The van der Waals surface area contributed by atoms with Gasteiger partial charge in [0.2, 0.25) is 0 Å². The minimum atomic E-state index is -2.68. The van der Waals surface area contributed by atoms with E-state index in [0.29, 0.717) is 5.69 Å². The highest BCUT2D eigenvalue weighted by Crippen LogP contribution is 2.40. The summed E-state index contributed by atoms with van der Waals surface area (Å²) in [5, 5.41) is 3.81. The molecule has 0 atom stereocenters. The predicted octanol–water partition coefficient (Wildman–Crippen LogP) is 1.15. The van der Waals surface area contributed by atoms with Gasteiger partial charge in [-0.3, -0.25) is 10.2 Å². The SMILES string of the molecule is NNC(=O)c1cc2nc(C3CC3)cc(C(F)F)n2n1. The predicted molar refractivity (Wildman–Crippen MR) is 61.6 cm³/mol. The number of nitrogens with one attached hydrogen (secondary N) is 1. The first-order chi connectivity index (χ1) is 9.10. The normalized spacial score (nSPS) is 15.2. The van der Waals surface area contributed by atoms with Crippen LogP contribution in [0.4, 0.5) is 8.78 Å². The molecule has 1 aliphatic rings. The molecule has 6 nitrogen and oxygen atoms in total. The van der Waals surface area contributed by atoms with Gasteiger partial charge in [0.05, 0.1) is 0 Å². The van der Waals surface area contributed by atoms with Crippen molar-refractivity contribution in [1.29, 1.82) is 0 Å². The summed E-state index contributed by atoms with van der Waals surface area (Å²) in [6.45, 7) is 0. The van der Waals surface area contributed by atoms with E-state index >= 15 is 0 Å². The zero-order chi connectivity index (χ0) is 13.6. The molecule has 0 aromatic carbocycles. The second kappa shape index (κ2) is 4.23. The van der Waals surface area contributed by atoms with E-state index in [1.165, 1.54) is 12.1 Å². The Kier molecular flexibility index (Phi) is 2.67. The summed E-state index contributed by atoms with van der Waals surface area (Å²) in [6.07, 6.45) is -0.775. The molecular weight excluding hydrogens is 256 g/mol. The highest BCUT2D eigenvalue weighted by atomic mass is 19.3. The second-order valence-corrected chi connectivity index (χ2v) is 4.45. The van der Waals surface area contributed by atoms with Gasteiger partial charge < -0.3 is 0 Å². The van der Waals surface area contributed by atoms with Gasteiger partial charge in [0.1, 0.15) is 5.69 Å². The lowest BCUT2D eigenvalue weighted by molar-refractivity contribution is 0.0947. The molecule has 1 saturated carbocycles. The molecule has 2 heterocycles. The summed E-state index contributed by atoms with van der Waals surface area (Å²) in [5.41, 5.74) is 2.47. The van der Waals surface area contributed by atoms with Crippen LogP contribution in [0.5, 0.6) is 0 Å². The van der Waals surface area contributed by atoms with Gasteiger partial charge >= 0.3 is 0 Å². The molecule has 1 aliphatic carbocycles. The zero-order valence-electron chi connectivity index (χ0n) is 9.81. The number of hydrazine groups is 1. The summed E-state index contributed by atoms with van der Waals surface area (Å²) >= 11 is 0. The van der Waals surface area contributed by atoms with Crippen LogP contribution in [0.2, 0.25) is 0 Å². The van der Waals surface area contributed by atoms with Crippen molar-refractivity contribution >= 4 is 11.6 Å². The third-order valence-corrected chi connectivity index (χ3v) is 3.06. The van der Waals surface area contributed by atoms with Crippen LogP contribution < -0.4 is 11.3 Å². The number of nitrogen functional groups attached to an aromatic ring is 1. The van der Waals surface area contributed by atoms with Gasteiger partial charge in [-0.2, -0.15) is 5.10 Å². The minimum Gasteiger partial charge on any atom is -0.289 e. The molecule has 0 unspecified atom stereocenters. The second-order valence-electron chi connectivity index (χ2n) is 4.45. The molecule has 0 bridgehead atoms. The smallest absolute Gasteiger partial charge is 0.285 e. The standard InChI is InChI=1S/C11H11F2N5O/c12-10(13)8-3-6(5-1-2-5)15-9-4-7(11(19)16-14)17-18(8)9/h3-5,10H,1-2,14H2,(H,16,19). The molecule has 8 heteroatoms. The third kappa shape index (κ3) is 2.03. The number of alkyl halides is 2. The molecule has 1 fully saturated rings.